The van der Waals surface area contributed by atoms with E-state index in [1.807, 2.05) is 6.07 Å². The Balaban J connectivity index is 1.64. The Kier molecular flexibility index (Phi) is 3.69. The van der Waals surface area contributed by atoms with Gasteiger partial charge in [0.2, 0.25) is 0 Å². The molecule has 4 nitrogen and oxygen atoms in total. The maximum absolute atomic E-state index is 11.9. The Hall–Kier alpha value is -2.62. The summed E-state index contributed by atoms with van der Waals surface area (Å²) in [5.41, 5.74) is 1.06. The molecule has 0 spiro atoms. The molecule has 1 amide bonds. The average molecular weight is 281 g/mol. The van der Waals surface area contributed by atoms with Crippen LogP contribution in [-0.2, 0) is 0 Å². The fourth-order valence-corrected chi connectivity index (χ4v) is 1.91. The van der Waals surface area contributed by atoms with Gasteiger partial charge in [0.25, 0.3) is 5.91 Å². The first-order chi connectivity index (χ1) is 10.2. The van der Waals surface area contributed by atoms with Gasteiger partial charge in [-0.25, -0.2) is 4.79 Å². The monoisotopic (exact) mass is 281 g/mol. The Morgan fingerprint density at radius 2 is 1.57 bits per heavy atom. The van der Waals surface area contributed by atoms with Gasteiger partial charge in [0.1, 0.15) is 5.75 Å². The molecule has 1 aliphatic carbocycles. The van der Waals surface area contributed by atoms with Gasteiger partial charge in [-0.2, -0.15) is 0 Å². The molecule has 0 radical (unpaired) electrons. The summed E-state index contributed by atoms with van der Waals surface area (Å²) in [5.74, 6) is -0.0731. The molecule has 0 aromatic heterocycles. The number of nitrogens with one attached hydrogen (secondary N) is 1. The minimum Gasteiger partial charge on any atom is -0.423 e. The topological polar surface area (TPSA) is 55.4 Å². The van der Waals surface area contributed by atoms with Crippen LogP contribution in [0.15, 0.2) is 54.6 Å². The Labute approximate surface area is 122 Å². The van der Waals surface area contributed by atoms with Crippen molar-refractivity contribution in [2.75, 3.05) is 0 Å². The number of carbonyl (C=O) groups is 2. The molecule has 1 N–H and O–H groups in total. The van der Waals surface area contributed by atoms with Crippen molar-refractivity contribution in [3.63, 3.8) is 0 Å². The molecule has 0 heterocycles. The summed E-state index contributed by atoms with van der Waals surface area (Å²) in [4.78, 5) is 23.7. The molecule has 2 aromatic rings. The maximum Gasteiger partial charge on any atom is 0.343 e. The molecule has 0 saturated heterocycles. The van der Waals surface area contributed by atoms with Crippen molar-refractivity contribution in [3.05, 3.63) is 65.7 Å². The summed E-state index contributed by atoms with van der Waals surface area (Å²) in [6, 6.07) is 15.7. The molecule has 21 heavy (non-hydrogen) atoms. The predicted molar refractivity (Wildman–Crippen MR) is 78.3 cm³/mol. The first-order valence-electron chi connectivity index (χ1n) is 6.90. The molecule has 0 atom stereocenters. The minimum absolute atomic E-state index is 0.0848. The van der Waals surface area contributed by atoms with Crippen LogP contribution < -0.4 is 10.1 Å². The molecule has 1 saturated carbocycles. The van der Waals surface area contributed by atoms with E-state index >= 15 is 0 Å². The van der Waals surface area contributed by atoms with Gasteiger partial charge in [0, 0.05) is 11.6 Å². The molecule has 3 rings (SSSR count). The van der Waals surface area contributed by atoms with Crippen molar-refractivity contribution in [3.8, 4) is 5.75 Å². The van der Waals surface area contributed by atoms with Crippen molar-refractivity contribution in [2.45, 2.75) is 18.9 Å². The number of ether oxygens (including phenoxy) is 1. The number of esters is 1. The summed E-state index contributed by atoms with van der Waals surface area (Å²) in [6.45, 7) is 0. The minimum atomic E-state index is -0.411. The van der Waals surface area contributed by atoms with Gasteiger partial charge in [-0.15, -0.1) is 0 Å². The Morgan fingerprint density at radius 3 is 2.19 bits per heavy atom. The lowest BCUT2D eigenvalue weighted by atomic mass is 10.2. The number of benzene rings is 2. The summed E-state index contributed by atoms with van der Waals surface area (Å²) >= 11 is 0. The van der Waals surface area contributed by atoms with Gasteiger partial charge in [-0.05, 0) is 49.2 Å². The molecular weight excluding hydrogens is 266 g/mol. The van der Waals surface area contributed by atoms with Crippen molar-refractivity contribution in [1.29, 1.82) is 0 Å². The van der Waals surface area contributed by atoms with Gasteiger partial charge in [-0.1, -0.05) is 18.2 Å². The summed E-state index contributed by atoms with van der Waals surface area (Å²) in [5, 5.41) is 2.91. The second-order valence-electron chi connectivity index (χ2n) is 5.03. The fraction of sp³-hybridized carbons (Fsp3) is 0.176. The van der Waals surface area contributed by atoms with Crippen LogP contribution in [0.3, 0.4) is 0 Å². The SMILES string of the molecule is O=C(NC1CC1)c1ccc(OC(=O)c2ccccc2)cc1. The lowest BCUT2D eigenvalue weighted by Crippen LogP contribution is -2.25. The third kappa shape index (κ3) is 3.48. The lowest BCUT2D eigenvalue weighted by Gasteiger charge is -2.06. The number of hydrogen-bond donors (Lipinski definition) is 1. The standard InChI is InChI=1S/C17H15NO3/c19-16(18-14-8-9-14)12-6-10-15(11-7-12)21-17(20)13-4-2-1-3-5-13/h1-7,10-11,14H,8-9H2,(H,18,19). The zero-order chi connectivity index (χ0) is 14.7. The van der Waals surface area contributed by atoms with E-state index in [1.54, 1.807) is 48.5 Å². The van der Waals surface area contributed by atoms with Crippen molar-refractivity contribution >= 4 is 11.9 Å². The highest BCUT2D eigenvalue weighted by molar-refractivity contribution is 5.95. The number of hydrogen-bond acceptors (Lipinski definition) is 3. The Morgan fingerprint density at radius 1 is 0.905 bits per heavy atom. The molecule has 106 valence electrons. The molecule has 1 fully saturated rings. The van der Waals surface area contributed by atoms with Crippen LogP contribution in [0, 0.1) is 0 Å². The molecule has 0 aliphatic heterocycles. The van der Waals surface area contributed by atoms with Gasteiger partial charge in [0.15, 0.2) is 0 Å². The van der Waals surface area contributed by atoms with Gasteiger partial charge >= 0.3 is 5.97 Å². The van der Waals surface area contributed by atoms with E-state index in [9.17, 15) is 9.59 Å². The van der Waals surface area contributed by atoms with Crippen LogP contribution >= 0.6 is 0 Å². The van der Waals surface area contributed by atoms with E-state index in [-0.39, 0.29) is 5.91 Å². The van der Waals surface area contributed by atoms with Crippen molar-refractivity contribution in [1.82, 2.24) is 5.32 Å². The summed E-state index contributed by atoms with van der Waals surface area (Å²) in [7, 11) is 0. The molecule has 0 unspecified atom stereocenters. The van der Waals surface area contributed by atoms with E-state index in [0.29, 0.717) is 22.9 Å². The third-order valence-corrected chi connectivity index (χ3v) is 3.25. The second kappa shape index (κ2) is 5.79. The first-order valence-corrected chi connectivity index (χ1v) is 6.90. The van der Waals surface area contributed by atoms with E-state index in [0.717, 1.165) is 12.8 Å². The van der Waals surface area contributed by atoms with E-state index in [2.05, 4.69) is 5.32 Å². The van der Waals surface area contributed by atoms with Gasteiger partial charge in [0.05, 0.1) is 5.56 Å². The second-order valence-corrected chi connectivity index (χ2v) is 5.03. The third-order valence-electron chi connectivity index (χ3n) is 3.25. The first kappa shape index (κ1) is 13.4. The molecule has 2 aromatic carbocycles. The van der Waals surface area contributed by atoms with Crippen molar-refractivity contribution < 1.29 is 14.3 Å². The molecule has 4 heteroatoms. The number of rotatable bonds is 4. The van der Waals surface area contributed by atoms with Gasteiger partial charge in [-0.3, -0.25) is 4.79 Å². The highest BCUT2D eigenvalue weighted by Gasteiger charge is 2.23. The molecule has 0 bridgehead atoms. The van der Waals surface area contributed by atoms with Crippen LogP contribution in [0.5, 0.6) is 5.75 Å². The van der Waals surface area contributed by atoms with E-state index in [4.69, 9.17) is 4.74 Å². The molecule has 1 aliphatic rings. The zero-order valence-corrected chi connectivity index (χ0v) is 11.4. The summed E-state index contributed by atoms with van der Waals surface area (Å²) < 4.78 is 5.26. The van der Waals surface area contributed by atoms with Crippen molar-refractivity contribution in [2.24, 2.45) is 0 Å². The van der Waals surface area contributed by atoms with Crippen LogP contribution in [0.1, 0.15) is 33.6 Å². The van der Waals surface area contributed by atoms with E-state index in [1.165, 1.54) is 0 Å². The summed E-state index contributed by atoms with van der Waals surface area (Å²) in [6.07, 6.45) is 2.11. The van der Waals surface area contributed by atoms with E-state index < -0.39 is 5.97 Å². The highest BCUT2D eigenvalue weighted by atomic mass is 16.5. The smallest absolute Gasteiger partial charge is 0.343 e. The highest BCUT2D eigenvalue weighted by Crippen LogP contribution is 2.20. The average Bonchev–Trinajstić information content (AvgIpc) is 3.33. The number of carbonyl (C=O) groups excluding carboxylic acids is 2. The largest absolute Gasteiger partial charge is 0.423 e. The maximum atomic E-state index is 11.9. The van der Waals surface area contributed by atoms with Crippen LogP contribution in [0.25, 0.3) is 0 Å². The van der Waals surface area contributed by atoms with Crippen LogP contribution in [0.4, 0.5) is 0 Å². The quantitative estimate of drug-likeness (QED) is 0.692. The predicted octanol–water partition coefficient (Wildman–Crippen LogP) is 2.80. The zero-order valence-electron chi connectivity index (χ0n) is 11.4. The van der Waals surface area contributed by atoms with Crippen LogP contribution in [0.2, 0.25) is 0 Å². The molecular formula is C17H15NO3. The van der Waals surface area contributed by atoms with Gasteiger partial charge < -0.3 is 10.1 Å². The number of amides is 1. The normalized spacial score (nSPS) is 13.5. The fourth-order valence-electron chi connectivity index (χ4n) is 1.91. The lowest BCUT2D eigenvalue weighted by molar-refractivity contribution is 0.0734. The van der Waals surface area contributed by atoms with Crippen LogP contribution in [-0.4, -0.2) is 17.9 Å². The Bertz CT molecular complexity index is 645.